The molecule has 1 N–H and O–H groups in total. The molecule has 0 aliphatic carbocycles. The van der Waals surface area contributed by atoms with E-state index in [9.17, 15) is 9.50 Å². The number of benzene rings is 2. The minimum atomic E-state index is -0.739. The van der Waals surface area contributed by atoms with Crippen LogP contribution in [0.25, 0.3) is 0 Å². The van der Waals surface area contributed by atoms with Crippen LogP contribution in [0, 0.1) is 5.82 Å². The van der Waals surface area contributed by atoms with Gasteiger partial charge in [-0.05, 0) is 24.3 Å². The van der Waals surface area contributed by atoms with E-state index in [2.05, 4.69) is 0 Å². The molecule has 5 heteroatoms. The van der Waals surface area contributed by atoms with Gasteiger partial charge < -0.3 is 9.84 Å². The van der Waals surface area contributed by atoms with E-state index >= 15 is 0 Å². The Labute approximate surface area is 125 Å². The molecule has 20 heavy (non-hydrogen) atoms. The van der Waals surface area contributed by atoms with Crippen molar-refractivity contribution in [1.82, 2.24) is 0 Å². The van der Waals surface area contributed by atoms with E-state index in [4.69, 9.17) is 27.9 Å². The van der Waals surface area contributed by atoms with Crippen LogP contribution in [0.15, 0.2) is 36.4 Å². The van der Waals surface area contributed by atoms with Crippen LogP contribution in [0.3, 0.4) is 0 Å². The SMILES string of the molecule is O[C@H]1CC(c2c(Cl)cccc2Cl)Oc2cc(F)ccc21. The van der Waals surface area contributed by atoms with Crippen molar-refractivity contribution < 1.29 is 14.2 Å². The first-order valence-corrected chi connectivity index (χ1v) is 6.90. The summed E-state index contributed by atoms with van der Waals surface area (Å²) in [5.41, 5.74) is 1.19. The molecule has 1 aliphatic rings. The van der Waals surface area contributed by atoms with E-state index in [1.807, 2.05) is 0 Å². The molecule has 0 radical (unpaired) electrons. The predicted octanol–water partition coefficient (Wildman–Crippen LogP) is 4.69. The quantitative estimate of drug-likeness (QED) is 0.827. The number of hydrogen-bond acceptors (Lipinski definition) is 2. The maximum Gasteiger partial charge on any atom is 0.129 e. The van der Waals surface area contributed by atoms with Crippen LogP contribution in [-0.2, 0) is 0 Å². The van der Waals surface area contributed by atoms with Gasteiger partial charge in [0.15, 0.2) is 0 Å². The highest BCUT2D eigenvalue weighted by atomic mass is 35.5. The number of aliphatic hydroxyl groups is 1. The lowest BCUT2D eigenvalue weighted by Crippen LogP contribution is -2.19. The molecule has 1 aliphatic heterocycles. The first-order valence-electron chi connectivity index (χ1n) is 6.14. The largest absolute Gasteiger partial charge is 0.485 e. The Morgan fingerprint density at radius 3 is 2.55 bits per heavy atom. The summed E-state index contributed by atoms with van der Waals surface area (Å²) >= 11 is 12.3. The highest BCUT2D eigenvalue weighted by molar-refractivity contribution is 6.36. The van der Waals surface area contributed by atoms with Gasteiger partial charge in [-0.15, -0.1) is 0 Å². The molecule has 1 unspecified atom stereocenters. The van der Waals surface area contributed by atoms with Crippen LogP contribution in [0.4, 0.5) is 4.39 Å². The summed E-state index contributed by atoms with van der Waals surface area (Å²) in [5.74, 6) is -0.0911. The van der Waals surface area contributed by atoms with Crippen molar-refractivity contribution in [2.75, 3.05) is 0 Å². The minimum absolute atomic E-state index is 0.322. The number of ether oxygens (including phenoxy) is 1. The molecule has 0 fully saturated rings. The Morgan fingerprint density at radius 1 is 1.15 bits per heavy atom. The molecule has 2 aromatic carbocycles. The summed E-state index contributed by atoms with van der Waals surface area (Å²) in [4.78, 5) is 0. The van der Waals surface area contributed by atoms with E-state index in [0.29, 0.717) is 33.3 Å². The normalized spacial score (nSPS) is 21.2. The molecule has 2 nitrogen and oxygen atoms in total. The van der Waals surface area contributed by atoms with E-state index in [1.165, 1.54) is 18.2 Å². The van der Waals surface area contributed by atoms with Gasteiger partial charge in [0.05, 0.1) is 6.10 Å². The van der Waals surface area contributed by atoms with Crippen LogP contribution in [0.2, 0.25) is 10.0 Å². The van der Waals surface area contributed by atoms with E-state index in [0.717, 1.165) is 0 Å². The summed E-state index contributed by atoms with van der Waals surface area (Å²) in [6.07, 6.45) is -0.917. The Morgan fingerprint density at radius 2 is 1.85 bits per heavy atom. The standard InChI is InChI=1S/C15H11Cl2FO2/c16-10-2-1-3-11(17)15(10)14-7-12(19)9-5-4-8(18)6-13(9)20-14/h1-6,12,14,19H,7H2/t12-,14?/m0/s1. The number of fused-ring (bicyclic) bond motifs is 1. The molecule has 0 aromatic heterocycles. The Bertz CT molecular complexity index is 640. The second kappa shape index (κ2) is 5.24. The zero-order chi connectivity index (χ0) is 14.3. The summed E-state index contributed by atoms with van der Waals surface area (Å²) in [7, 11) is 0. The average Bonchev–Trinajstić information content (AvgIpc) is 2.38. The third kappa shape index (κ3) is 2.37. The number of rotatable bonds is 1. The maximum atomic E-state index is 13.3. The van der Waals surface area contributed by atoms with Gasteiger partial charge in [0, 0.05) is 33.7 Å². The van der Waals surface area contributed by atoms with Gasteiger partial charge in [-0.25, -0.2) is 4.39 Å². The molecule has 3 rings (SSSR count). The number of hydrogen-bond donors (Lipinski definition) is 1. The molecule has 1 heterocycles. The number of aliphatic hydroxyl groups excluding tert-OH is 1. The molecule has 0 saturated heterocycles. The van der Waals surface area contributed by atoms with Gasteiger partial charge >= 0.3 is 0 Å². The lowest BCUT2D eigenvalue weighted by molar-refractivity contribution is 0.0655. The zero-order valence-electron chi connectivity index (χ0n) is 10.3. The molecule has 0 saturated carbocycles. The second-order valence-corrected chi connectivity index (χ2v) is 5.49. The highest BCUT2D eigenvalue weighted by Gasteiger charge is 2.30. The lowest BCUT2D eigenvalue weighted by Gasteiger charge is -2.30. The zero-order valence-corrected chi connectivity index (χ0v) is 11.8. The molecule has 2 aromatic rings. The topological polar surface area (TPSA) is 29.5 Å². The van der Waals surface area contributed by atoms with Crippen molar-refractivity contribution >= 4 is 23.2 Å². The molecular formula is C15H11Cl2FO2. The monoisotopic (exact) mass is 312 g/mol. The van der Waals surface area contributed by atoms with Gasteiger partial charge in [-0.3, -0.25) is 0 Å². The van der Waals surface area contributed by atoms with Crippen LogP contribution in [0.1, 0.15) is 29.8 Å². The van der Waals surface area contributed by atoms with Gasteiger partial charge in [0.1, 0.15) is 17.7 Å². The van der Waals surface area contributed by atoms with Crippen molar-refractivity contribution in [2.45, 2.75) is 18.6 Å². The van der Waals surface area contributed by atoms with Crippen LogP contribution < -0.4 is 4.74 Å². The number of halogens is 3. The second-order valence-electron chi connectivity index (χ2n) is 4.68. The Hall–Kier alpha value is -1.29. The maximum absolute atomic E-state index is 13.3. The molecule has 104 valence electrons. The summed E-state index contributed by atoms with van der Waals surface area (Å²) in [6, 6.07) is 9.24. The fourth-order valence-corrected chi connectivity index (χ4v) is 3.05. The smallest absolute Gasteiger partial charge is 0.129 e. The fourth-order valence-electron chi connectivity index (χ4n) is 2.41. The third-order valence-corrected chi connectivity index (χ3v) is 4.02. The van der Waals surface area contributed by atoms with E-state index in [1.54, 1.807) is 18.2 Å². The summed E-state index contributed by atoms with van der Waals surface area (Å²) < 4.78 is 19.1. The predicted molar refractivity (Wildman–Crippen MR) is 75.8 cm³/mol. The fraction of sp³-hybridized carbons (Fsp3) is 0.200. The Kier molecular flexibility index (Phi) is 3.59. The van der Waals surface area contributed by atoms with Crippen molar-refractivity contribution in [3.8, 4) is 5.75 Å². The third-order valence-electron chi connectivity index (χ3n) is 3.36. The molecule has 0 bridgehead atoms. The Balaban J connectivity index is 2.03. The first kappa shape index (κ1) is 13.7. The van der Waals surface area contributed by atoms with E-state index < -0.39 is 18.0 Å². The van der Waals surface area contributed by atoms with Gasteiger partial charge in [-0.1, -0.05) is 29.3 Å². The van der Waals surface area contributed by atoms with Crippen LogP contribution >= 0.6 is 23.2 Å². The highest BCUT2D eigenvalue weighted by Crippen LogP contribution is 2.44. The average molecular weight is 313 g/mol. The van der Waals surface area contributed by atoms with Crippen molar-refractivity contribution in [1.29, 1.82) is 0 Å². The molecule has 0 amide bonds. The van der Waals surface area contributed by atoms with Gasteiger partial charge in [-0.2, -0.15) is 0 Å². The summed E-state index contributed by atoms with van der Waals surface area (Å²) in [6.45, 7) is 0. The van der Waals surface area contributed by atoms with Crippen LogP contribution in [0.5, 0.6) is 5.75 Å². The molecular weight excluding hydrogens is 302 g/mol. The first-order chi connectivity index (χ1) is 9.56. The lowest BCUT2D eigenvalue weighted by atomic mass is 9.95. The van der Waals surface area contributed by atoms with Gasteiger partial charge in [0.2, 0.25) is 0 Å². The van der Waals surface area contributed by atoms with Crippen molar-refractivity contribution in [3.05, 3.63) is 63.4 Å². The van der Waals surface area contributed by atoms with Gasteiger partial charge in [0.25, 0.3) is 0 Å². The van der Waals surface area contributed by atoms with Crippen molar-refractivity contribution in [3.63, 3.8) is 0 Å². The molecule has 0 spiro atoms. The van der Waals surface area contributed by atoms with Crippen molar-refractivity contribution in [2.24, 2.45) is 0 Å². The molecule has 2 atom stereocenters. The minimum Gasteiger partial charge on any atom is -0.485 e. The van der Waals surface area contributed by atoms with Crippen LogP contribution in [-0.4, -0.2) is 5.11 Å². The van der Waals surface area contributed by atoms with E-state index in [-0.39, 0.29) is 0 Å². The summed E-state index contributed by atoms with van der Waals surface area (Å²) in [5, 5.41) is 11.1.